The number of nitrogens with one attached hydrogen (secondary N) is 1. The lowest BCUT2D eigenvalue weighted by Gasteiger charge is -2.38. The van der Waals surface area contributed by atoms with Gasteiger partial charge in [-0.1, -0.05) is 24.3 Å². The second-order valence-corrected chi connectivity index (χ2v) is 5.86. The minimum Gasteiger partial charge on any atom is -0.307 e. The van der Waals surface area contributed by atoms with Gasteiger partial charge in [0.15, 0.2) is 0 Å². The van der Waals surface area contributed by atoms with E-state index in [1.54, 1.807) is 12.1 Å². The van der Waals surface area contributed by atoms with Crippen molar-refractivity contribution in [3.63, 3.8) is 0 Å². The van der Waals surface area contributed by atoms with E-state index in [-0.39, 0.29) is 17.7 Å². The predicted molar refractivity (Wildman–Crippen MR) is 80.1 cm³/mol. The molecule has 110 valence electrons. The van der Waals surface area contributed by atoms with Crippen molar-refractivity contribution in [3.05, 3.63) is 71.3 Å². The number of rotatable bonds is 4. The molecule has 3 rings (SSSR count). The van der Waals surface area contributed by atoms with Crippen LogP contribution in [0.4, 0.5) is 8.78 Å². The Labute approximate surface area is 124 Å². The molecule has 3 heteroatoms. The first-order chi connectivity index (χ1) is 10.1. The van der Waals surface area contributed by atoms with E-state index in [0.29, 0.717) is 12.0 Å². The standard InChI is InChI=1S/C18H19F2N/c1-12(13-5-7-16(19)8-6-13)21-18-10-15(11-18)14-3-2-4-17(20)9-14/h2-9,12,15,18,21H,10-11H2,1H3. The van der Waals surface area contributed by atoms with Gasteiger partial charge >= 0.3 is 0 Å². The summed E-state index contributed by atoms with van der Waals surface area (Å²) in [6.07, 6.45) is 2.05. The van der Waals surface area contributed by atoms with Gasteiger partial charge in [-0.15, -0.1) is 0 Å². The fraction of sp³-hybridized carbons (Fsp3) is 0.333. The highest BCUT2D eigenvalue weighted by atomic mass is 19.1. The number of hydrogen-bond acceptors (Lipinski definition) is 1. The Balaban J connectivity index is 1.54. The number of benzene rings is 2. The maximum absolute atomic E-state index is 13.2. The molecular weight excluding hydrogens is 268 g/mol. The molecule has 2 aromatic carbocycles. The molecule has 1 aliphatic rings. The van der Waals surface area contributed by atoms with Crippen molar-refractivity contribution in [2.24, 2.45) is 0 Å². The van der Waals surface area contributed by atoms with Gasteiger partial charge in [0.2, 0.25) is 0 Å². The molecule has 1 unspecified atom stereocenters. The van der Waals surface area contributed by atoms with Crippen LogP contribution in [0.1, 0.15) is 42.9 Å². The van der Waals surface area contributed by atoms with Crippen LogP contribution in [-0.4, -0.2) is 6.04 Å². The molecule has 0 amide bonds. The van der Waals surface area contributed by atoms with E-state index in [9.17, 15) is 8.78 Å². The summed E-state index contributed by atoms with van der Waals surface area (Å²) in [6.45, 7) is 2.09. The van der Waals surface area contributed by atoms with Crippen molar-refractivity contribution in [1.82, 2.24) is 5.32 Å². The number of halogens is 2. The minimum absolute atomic E-state index is 0.163. The zero-order chi connectivity index (χ0) is 14.8. The fourth-order valence-electron chi connectivity index (χ4n) is 2.99. The van der Waals surface area contributed by atoms with Gasteiger partial charge in [0.05, 0.1) is 0 Å². The average Bonchev–Trinajstić information content (AvgIpc) is 2.43. The van der Waals surface area contributed by atoms with Crippen LogP contribution in [0.5, 0.6) is 0 Å². The normalized spacial score (nSPS) is 22.6. The Kier molecular flexibility index (Phi) is 4.02. The van der Waals surface area contributed by atoms with Gasteiger partial charge in [-0.3, -0.25) is 0 Å². The molecule has 21 heavy (non-hydrogen) atoms. The van der Waals surface area contributed by atoms with Crippen LogP contribution >= 0.6 is 0 Å². The summed E-state index contributed by atoms with van der Waals surface area (Å²) in [5.74, 6) is 0.0722. The van der Waals surface area contributed by atoms with Crippen molar-refractivity contribution in [1.29, 1.82) is 0 Å². The third-order valence-electron chi connectivity index (χ3n) is 4.31. The molecule has 0 radical (unpaired) electrons. The zero-order valence-electron chi connectivity index (χ0n) is 12.0. The van der Waals surface area contributed by atoms with Crippen molar-refractivity contribution < 1.29 is 8.78 Å². The fourth-order valence-corrected chi connectivity index (χ4v) is 2.99. The van der Waals surface area contributed by atoms with E-state index >= 15 is 0 Å². The Morgan fingerprint density at radius 2 is 1.71 bits per heavy atom. The Hall–Kier alpha value is -1.74. The maximum atomic E-state index is 13.2. The summed E-state index contributed by atoms with van der Waals surface area (Å²) >= 11 is 0. The van der Waals surface area contributed by atoms with Crippen LogP contribution in [0.2, 0.25) is 0 Å². The van der Waals surface area contributed by atoms with Gasteiger partial charge < -0.3 is 5.32 Å². The Morgan fingerprint density at radius 3 is 2.38 bits per heavy atom. The van der Waals surface area contributed by atoms with Crippen LogP contribution < -0.4 is 5.32 Å². The summed E-state index contributed by atoms with van der Waals surface area (Å²) in [5, 5.41) is 3.55. The van der Waals surface area contributed by atoms with E-state index in [1.807, 2.05) is 18.2 Å². The van der Waals surface area contributed by atoms with E-state index in [4.69, 9.17) is 0 Å². The zero-order valence-corrected chi connectivity index (χ0v) is 12.0. The molecule has 0 aliphatic heterocycles. The van der Waals surface area contributed by atoms with E-state index in [2.05, 4.69) is 12.2 Å². The first kappa shape index (κ1) is 14.2. The maximum Gasteiger partial charge on any atom is 0.123 e. The minimum atomic E-state index is -0.208. The second-order valence-electron chi connectivity index (χ2n) is 5.86. The van der Waals surface area contributed by atoms with Gasteiger partial charge in [-0.25, -0.2) is 8.78 Å². The SMILES string of the molecule is CC(NC1CC(c2cccc(F)c2)C1)c1ccc(F)cc1. The smallest absolute Gasteiger partial charge is 0.123 e. The molecule has 2 aromatic rings. The Morgan fingerprint density at radius 1 is 1.00 bits per heavy atom. The molecule has 0 spiro atoms. The molecule has 0 heterocycles. The lowest BCUT2D eigenvalue weighted by Crippen LogP contribution is -2.41. The first-order valence-corrected chi connectivity index (χ1v) is 7.39. The van der Waals surface area contributed by atoms with Crippen LogP contribution in [-0.2, 0) is 0 Å². The molecule has 0 saturated heterocycles. The summed E-state index contributed by atoms with van der Waals surface area (Å²) in [4.78, 5) is 0. The lowest BCUT2D eigenvalue weighted by molar-refractivity contribution is 0.270. The predicted octanol–water partition coefficient (Wildman–Crippen LogP) is 4.56. The molecule has 1 aliphatic carbocycles. The average molecular weight is 287 g/mol. The third-order valence-corrected chi connectivity index (χ3v) is 4.31. The monoisotopic (exact) mass is 287 g/mol. The van der Waals surface area contributed by atoms with Crippen LogP contribution in [0, 0.1) is 11.6 Å². The number of hydrogen-bond donors (Lipinski definition) is 1. The van der Waals surface area contributed by atoms with Crippen LogP contribution in [0.25, 0.3) is 0 Å². The van der Waals surface area contributed by atoms with Gasteiger partial charge in [0, 0.05) is 12.1 Å². The second kappa shape index (κ2) is 5.94. The van der Waals surface area contributed by atoms with Gasteiger partial charge in [-0.2, -0.15) is 0 Å². The summed E-state index contributed by atoms with van der Waals surface area (Å²) in [6, 6.07) is 14.1. The molecule has 1 N–H and O–H groups in total. The largest absolute Gasteiger partial charge is 0.307 e. The molecule has 1 saturated carbocycles. The molecule has 1 atom stereocenters. The van der Waals surface area contributed by atoms with Gasteiger partial charge in [0.25, 0.3) is 0 Å². The third kappa shape index (κ3) is 3.30. The highest BCUT2D eigenvalue weighted by Gasteiger charge is 2.31. The van der Waals surface area contributed by atoms with Gasteiger partial charge in [0.1, 0.15) is 11.6 Å². The molecular formula is C18H19F2N. The van der Waals surface area contributed by atoms with Crippen LogP contribution in [0.15, 0.2) is 48.5 Å². The Bertz CT molecular complexity index is 603. The molecule has 1 fully saturated rings. The van der Waals surface area contributed by atoms with Crippen molar-refractivity contribution in [2.45, 2.75) is 37.8 Å². The molecule has 0 aromatic heterocycles. The first-order valence-electron chi connectivity index (χ1n) is 7.39. The van der Waals surface area contributed by atoms with Crippen LogP contribution in [0.3, 0.4) is 0 Å². The lowest BCUT2D eigenvalue weighted by atomic mass is 9.75. The van der Waals surface area contributed by atoms with E-state index in [1.165, 1.54) is 18.2 Å². The molecule has 0 bridgehead atoms. The quantitative estimate of drug-likeness (QED) is 0.869. The van der Waals surface area contributed by atoms with E-state index in [0.717, 1.165) is 24.0 Å². The van der Waals surface area contributed by atoms with Crippen molar-refractivity contribution in [2.75, 3.05) is 0 Å². The highest BCUT2D eigenvalue weighted by Crippen LogP contribution is 2.38. The van der Waals surface area contributed by atoms with Crippen molar-refractivity contribution in [3.8, 4) is 0 Å². The summed E-state index contributed by atoms with van der Waals surface area (Å²) in [5.41, 5.74) is 2.17. The summed E-state index contributed by atoms with van der Waals surface area (Å²) < 4.78 is 26.1. The topological polar surface area (TPSA) is 12.0 Å². The highest BCUT2D eigenvalue weighted by molar-refractivity contribution is 5.24. The van der Waals surface area contributed by atoms with E-state index < -0.39 is 0 Å². The van der Waals surface area contributed by atoms with Gasteiger partial charge in [-0.05, 0) is 61.1 Å². The molecule has 1 nitrogen and oxygen atoms in total. The summed E-state index contributed by atoms with van der Waals surface area (Å²) in [7, 11) is 0. The van der Waals surface area contributed by atoms with Crippen molar-refractivity contribution >= 4 is 0 Å².